The van der Waals surface area contributed by atoms with Crippen molar-refractivity contribution < 1.29 is 9.72 Å². The Morgan fingerprint density at radius 3 is 2.62 bits per heavy atom. The van der Waals surface area contributed by atoms with Gasteiger partial charge in [0.1, 0.15) is 11.6 Å². The fourth-order valence-corrected chi connectivity index (χ4v) is 3.37. The number of H-pyrrole nitrogens is 1. The summed E-state index contributed by atoms with van der Waals surface area (Å²) in [5.41, 5.74) is 1.08. The highest BCUT2D eigenvalue weighted by atomic mass is 32.1. The zero-order valence-corrected chi connectivity index (χ0v) is 15.6. The van der Waals surface area contributed by atoms with E-state index in [0.717, 1.165) is 10.8 Å². The van der Waals surface area contributed by atoms with Crippen molar-refractivity contribution in [3.05, 3.63) is 86.7 Å². The van der Waals surface area contributed by atoms with Crippen LogP contribution in [0.3, 0.4) is 0 Å². The number of carbonyl (C=O) groups is 1. The Morgan fingerprint density at radius 1 is 1.14 bits per heavy atom. The summed E-state index contributed by atoms with van der Waals surface area (Å²) in [6.45, 7) is 0. The van der Waals surface area contributed by atoms with Crippen LogP contribution in [0, 0.1) is 26.2 Å². The Hall–Kier alpha value is -4.09. The lowest BCUT2D eigenvalue weighted by atomic mass is 10.0. The first-order valence-electron chi connectivity index (χ1n) is 8.52. The quantitative estimate of drug-likeness (QED) is 0.129. The van der Waals surface area contributed by atoms with Crippen LogP contribution < -0.4 is 0 Å². The molecule has 0 aliphatic carbocycles. The molecule has 0 bridgehead atoms. The highest BCUT2D eigenvalue weighted by molar-refractivity contribution is 7.71. The molecule has 3 aromatic carbocycles. The van der Waals surface area contributed by atoms with E-state index in [9.17, 15) is 20.2 Å². The predicted octanol–water partition coefficient (Wildman–Crippen LogP) is 5.01. The third-order valence-corrected chi connectivity index (χ3v) is 4.85. The molecule has 0 spiro atoms. The Bertz CT molecular complexity index is 1440. The number of nitro benzene ring substituents is 1. The number of hydrogen-bond acceptors (Lipinski definition) is 5. The maximum absolute atomic E-state index is 12.9. The molecule has 4 rings (SSSR count). The number of rotatable bonds is 4. The Kier molecular flexibility index (Phi) is 4.50. The molecule has 1 heterocycles. The maximum atomic E-state index is 12.9. The smallest absolute Gasteiger partial charge is 0.271 e. The Labute approximate surface area is 169 Å². The van der Waals surface area contributed by atoms with Crippen LogP contribution in [0.15, 0.2) is 66.2 Å². The monoisotopic (exact) mass is 400 g/mol. The van der Waals surface area contributed by atoms with Gasteiger partial charge >= 0.3 is 0 Å². The molecule has 0 atom stereocenters. The minimum atomic E-state index is -0.519. The van der Waals surface area contributed by atoms with Gasteiger partial charge in [-0.05, 0) is 35.1 Å². The topological polar surface area (TPSA) is 105 Å². The summed E-state index contributed by atoms with van der Waals surface area (Å²) < 4.78 is 1.62. The van der Waals surface area contributed by atoms with E-state index in [1.807, 2.05) is 36.4 Å². The molecule has 1 aromatic heterocycles. The first-order chi connectivity index (χ1) is 14.0. The molecular weight excluding hydrogens is 388 g/mol. The van der Waals surface area contributed by atoms with Crippen LogP contribution in [0.1, 0.15) is 10.4 Å². The number of fused-ring (bicyclic) bond motifs is 2. The Balaban J connectivity index is 1.83. The summed E-state index contributed by atoms with van der Waals surface area (Å²) in [5.74, 6) is -0.458. The zero-order valence-electron chi connectivity index (χ0n) is 14.8. The molecule has 0 aliphatic heterocycles. The fraction of sp³-hybridized carbons (Fsp3) is 0. The molecule has 1 N–H and O–H groups in total. The molecule has 8 heteroatoms. The maximum Gasteiger partial charge on any atom is 0.271 e. The highest BCUT2D eigenvalue weighted by Crippen LogP contribution is 2.23. The molecule has 7 nitrogen and oxygen atoms in total. The standard InChI is InChI=1S/C21H12N4O3S/c22-11-16(20(26)15-6-5-13-3-1-2-4-14(13)9-15)12-24-19-10-17(25(27)28)7-8-18(19)23-21(24)29/h1-10,12H,(H,23,29)/b16-12-. The number of nitriles is 1. The van der Waals surface area contributed by atoms with E-state index in [0.29, 0.717) is 16.6 Å². The van der Waals surface area contributed by atoms with Gasteiger partial charge in [-0.25, -0.2) is 0 Å². The van der Waals surface area contributed by atoms with Crippen LogP contribution in [0.2, 0.25) is 0 Å². The lowest BCUT2D eigenvalue weighted by Crippen LogP contribution is -2.03. The van der Waals surface area contributed by atoms with Crippen molar-refractivity contribution >= 4 is 51.7 Å². The van der Waals surface area contributed by atoms with Crippen LogP contribution in [-0.2, 0) is 0 Å². The summed E-state index contributed by atoms with van der Waals surface area (Å²) >= 11 is 5.27. The molecule has 0 radical (unpaired) electrons. The van der Waals surface area contributed by atoms with E-state index in [2.05, 4.69) is 4.98 Å². The van der Waals surface area contributed by atoms with Crippen molar-refractivity contribution in [3.8, 4) is 6.07 Å². The average Bonchev–Trinajstić information content (AvgIpc) is 3.05. The second kappa shape index (κ2) is 7.14. The molecule has 4 aromatic rings. The van der Waals surface area contributed by atoms with Crippen LogP contribution in [0.4, 0.5) is 5.69 Å². The lowest BCUT2D eigenvalue weighted by Gasteiger charge is -2.04. The minimum absolute atomic E-state index is 0.118. The first kappa shape index (κ1) is 18.3. The van der Waals surface area contributed by atoms with E-state index < -0.39 is 10.7 Å². The lowest BCUT2D eigenvalue weighted by molar-refractivity contribution is -0.384. The Morgan fingerprint density at radius 2 is 1.90 bits per heavy atom. The van der Waals surface area contributed by atoms with Gasteiger partial charge in [-0.1, -0.05) is 36.4 Å². The molecule has 0 unspecified atom stereocenters. The molecule has 140 valence electrons. The summed E-state index contributed by atoms with van der Waals surface area (Å²) in [6, 6.07) is 18.9. The number of non-ortho nitro benzene ring substituents is 1. The molecule has 0 saturated carbocycles. The largest absolute Gasteiger partial charge is 0.330 e. The number of benzene rings is 3. The third-order valence-electron chi connectivity index (χ3n) is 4.55. The van der Waals surface area contributed by atoms with Crippen molar-refractivity contribution in [3.63, 3.8) is 0 Å². The van der Waals surface area contributed by atoms with Gasteiger partial charge in [0.25, 0.3) is 5.69 Å². The van der Waals surface area contributed by atoms with Crippen molar-refractivity contribution in [1.82, 2.24) is 9.55 Å². The van der Waals surface area contributed by atoms with Gasteiger partial charge in [0.05, 0.1) is 16.0 Å². The molecule has 0 saturated heterocycles. The van der Waals surface area contributed by atoms with E-state index in [1.54, 1.807) is 12.1 Å². The number of nitrogens with one attached hydrogen (secondary N) is 1. The molecule has 0 aliphatic rings. The van der Waals surface area contributed by atoms with E-state index >= 15 is 0 Å². The van der Waals surface area contributed by atoms with Crippen LogP contribution >= 0.6 is 12.2 Å². The van der Waals surface area contributed by atoms with Gasteiger partial charge in [0.2, 0.25) is 5.78 Å². The van der Waals surface area contributed by atoms with Crippen molar-refractivity contribution in [2.75, 3.05) is 0 Å². The fourth-order valence-electron chi connectivity index (χ4n) is 3.11. The number of carbonyl (C=O) groups excluding carboxylic acids is 1. The second-order valence-electron chi connectivity index (χ2n) is 6.30. The first-order valence-corrected chi connectivity index (χ1v) is 8.93. The van der Waals surface area contributed by atoms with Gasteiger partial charge in [0.15, 0.2) is 4.77 Å². The number of nitrogens with zero attached hydrogens (tertiary/aromatic N) is 3. The van der Waals surface area contributed by atoms with Gasteiger partial charge in [-0.3, -0.25) is 19.5 Å². The predicted molar refractivity (Wildman–Crippen MR) is 112 cm³/mol. The minimum Gasteiger partial charge on any atom is -0.330 e. The van der Waals surface area contributed by atoms with Crippen LogP contribution in [-0.4, -0.2) is 20.3 Å². The third kappa shape index (κ3) is 3.31. The SMILES string of the molecule is N#C/C(=C/n1c(=S)[nH]c2ccc([N+](=O)[O-])cc21)C(=O)c1ccc2ccccc2c1. The summed E-state index contributed by atoms with van der Waals surface area (Å²) in [4.78, 5) is 26.4. The van der Waals surface area contributed by atoms with E-state index in [4.69, 9.17) is 12.2 Å². The molecule has 0 amide bonds. The molecule has 29 heavy (non-hydrogen) atoms. The number of aromatic amines is 1. The molecule has 0 fully saturated rings. The second-order valence-corrected chi connectivity index (χ2v) is 6.69. The van der Waals surface area contributed by atoms with Gasteiger partial charge in [-0.2, -0.15) is 5.26 Å². The number of allylic oxidation sites excluding steroid dienone is 1. The summed E-state index contributed by atoms with van der Waals surface area (Å²) in [6.07, 6.45) is 1.31. The number of Topliss-reactive ketones (excluding diaryl/α,β-unsaturated/α-hetero) is 1. The van der Waals surface area contributed by atoms with Gasteiger partial charge in [-0.15, -0.1) is 0 Å². The number of nitro groups is 1. The van der Waals surface area contributed by atoms with Gasteiger partial charge < -0.3 is 4.98 Å². The number of aromatic nitrogens is 2. The zero-order chi connectivity index (χ0) is 20.5. The van der Waals surface area contributed by atoms with Crippen molar-refractivity contribution in [2.24, 2.45) is 0 Å². The van der Waals surface area contributed by atoms with E-state index in [-0.39, 0.29) is 16.0 Å². The average molecular weight is 400 g/mol. The van der Waals surface area contributed by atoms with Crippen LogP contribution in [0.25, 0.3) is 28.0 Å². The highest BCUT2D eigenvalue weighted by Gasteiger charge is 2.15. The summed E-state index contributed by atoms with van der Waals surface area (Å²) in [5, 5.41) is 22.5. The summed E-state index contributed by atoms with van der Waals surface area (Å²) in [7, 11) is 0. The van der Waals surface area contributed by atoms with Crippen molar-refractivity contribution in [2.45, 2.75) is 0 Å². The molecular formula is C21H12N4O3S. The number of imidazole rings is 1. The normalized spacial score (nSPS) is 11.5. The number of ketones is 1. The van der Waals surface area contributed by atoms with E-state index in [1.165, 1.54) is 29.0 Å². The van der Waals surface area contributed by atoms with Gasteiger partial charge in [0, 0.05) is 23.9 Å². The van der Waals surface area contributed by atoms with Crippen LogP contribution in [0.5, 0.6) is 0 Å². The number of hydrogen-bond donors (Lipinski definition) is 1. The van der Waals surface area contributed by atoms with Crippen molar-refractivity contribution in [1.29, 1.82) is 5.26 Å².